The monoisotopic (exact) mass is 457 g/mol. The van der Waals surface area contributed by atoms with Gasteiger partial charge in [-0.1, -0.05) is 6.92 Å². The van der Waals surface area contributed by atoms with Crippen molar-refractivity contribution in [1.82, 2.24) is 9.21 Å². The Kier molecular flexibility index (Phi) is 7.26. The quantitative estimate of drug-likeness (QED) is 0.600. The zero-order valence-electron chi connectivity index (χ0n) is 19.1. The number of carbonyl (C=O) groups is 1. The van der Waals surface area contributed by atoms with Crippen LogP contribution in [0.15, 0.2) is 41.3 Å². The number of carbonyl (C=O) groups excluding carboxylic acids is 1. The first-order chi connectivity index (χ1) is 15.4. The Hall–Kier alpha value is -2.25. The molecule has 2 aromatic carbocycles. The maximum atomic E-state index is 13.4. The minimum absolute atomic E-state index is 0.0300. The van der Waals surface area contributed by atoms with Gasteiger partial charge in [0.1, 0.15) is 11.6 Å². The van der Waals surface area contributed by atoms with Gasteiger partial charge in [-0.25, -0.2) is 8.70 Å². The highest BCUT2D eigenvalue weighted by atomic mass is 32.2. The molecule has 0 N–H and O–H groups in total. The minimum atomic E-state index is -0.312. The maximum Gasteiger partial charge on any atom is 0.254 e. The molecular weight excluding hydrogens is 425 g/mol. The molecule has 7 heteroatoms. The van der Waals surface area contributed by atoms with Gasteiger partial charge in [0.2, 0.25) is 0 Å². The fraction of sp³-hybridized carbons (Fsp3) is 0.480. The Morgan fingerprint density at radius 3 is 2.56 bits per heavy atom. The summed E-state index contributed by atoms with van der Waals surface area (Å²) in [6.45, 7) is 9.06. The number of ether oxygens (including phenoxy) is 1. The number of amides is 1. The van der Waals surface area contributed by atoms with E-state index in [0.29, 0.717) is 24.2 Å². The Morgan fingerprint density at radius 2 is 1.88 bits per heavy atom. The number of anilines is 1. The average Bonchev–Trinajstić information content (AvgIpc) is 2.79. The first kappa shape index (κ1) is 22.9. The topological polar surface area (TPSA) is 36.0 Å². The van der Waals surface area contributed by atoms with Crippen LogP contribution in [-0.2, 0) is 0 Å². The average molecular weight is 458 g/mol. The summed E-state index contributed by atoms with van der Waals surface area (Å²) in [6, 6.07) is 10.7. The summed E-state index contributed by atoms with van der Waals surface area (Å²) in [5.74, 6) is 1.25. The molecular formula is C25H32FN3O2S. The largest absolute Gasteiger partial charge is 0.495 e. The second-order valence-corrected chi connectivity index (χ2v) is 9.97. The van der Waals surface area contributed by atoms with Crippen LogP contribution in [0.2, 0.25) is 0 Å². The van der Waals surface area contributed by atoms with E-state index in [-0.39, 0.29) is 11.7 Å². The van der Waals surface area contributed by atoms with E-state index < -0.39 is 0 Å². The van der Waals surface area contributed by atoms with Gasteiger partial charge in [0.05, 0.1) is 12.8 Å². The number of halogens is 1. The number of aryl methyl sites for hydroxylation is 1. The molecule has 5 nitrogen and oxygen atoms in total. The lowest BCUT2D eigenvalue weighted by Crippen LogP contribution is -2.49. The van der Waals surface area contributed by atoms with Crippen molar-refractivity contribution in [1.29, 1.82) is 0 Å². The van der Waals surface area contributed by atoms with Gasteiger partial charge >= 0.3 is 0 Å². The summed E-state index contributed by atoms with van der Waals surface area (Å²) in [7, 11) is 1.70. The predicted molar refractivity (Wildman–Crippen MR) is 128 cm³/mol. The zero-order chi connectivity index (χ0) is 22.7. The van der Waals surface area contributed by atoms with Crippen molar-refractivity contribution in [3.05, 3.63) is 53.3 Å². The number of hydrogen-bond donors (Lipinski definition) is 0. The van der Waals surface area contributed by atoms with E-state index in [4.69, 9.17) is 4.74 Å². The van der Waals surface area contributed by atoms with Crippen molar-refractivity contribution >= 4 is 23.5 Å². The highest BCUT2D eigenvalue weighted by molar-refractivity contribution is 7.97. The fourth-order valence-electron chi connectivity index (χ4n) is 4.54. The lowest BCUT2D eigenvalue weighted by Gasteiger charge is -2.37. The van der Waals surface area contributed by atoms with Crippen LogP contribution < -0.4 is 9.64 Å². The smallest absolute Gasteiger partial charge is 0.254 e. The van der Waals surface area contributed by atoms with Crippen LogP contribution in [0.4, 0.5) is 10.1 Å². The van der Waals surface area contributed by atoms with Gasteiger partial charge in [-0.15, -0.1) is 0 Å². The molecule has 4 rings (SSSR count). The van der Waals surface area contributed by atoms with Gasteiger partial charge in [-0.05, 0) is 79.6 Å². The summed E-state index contributed by atoms with van der Waals surface area (Å²) >= 11 is 1.83. The first-order valence-electron chi connectivity index (χ1n) is 11.4. The number of piperazine rings is 1. The van der Waals surface area contributed by atoms with Gasteiger partial charge in [0.25, 0.3) is 5.91 Å². The standard InChI is InChI=1S/C25H32FN3O2S/c1-18-5-4-10-29(17-18)32-21-7-9-24(31-3)23(16-21)27-11-13-28(14-12-27)25(30)22-8-6-20(26)15-19(22)2/h6-9,15-16,18H,4-5,10-14,17H2,1-3H3. The van der Waals surface area contributed by atoms with E-state index in [1.165, 1.54) is 29.9 Å². The third-order valence-electron chi connectivity index (χ3n) is 6.33. The van der Waals surface area contributed by atoms with E-state index in [1.807, 2.05) is 22.9 Å². The summed E-state index contributed by atoms with van der Waals surface area (Å²) in [6.07, 6.45) is 2.56. The number of methoxy groups -OCH3 is 1. The van der Waals surface area contributed by atoms with Gasteiger partial charge in [0, 0.05) is 49.7 Å². The summed E-state index contributed by atoms with van der Waals surface area (Å²) in [5, 5.41) is 0. The highest BCUT2D eigenvalue weighted by Gasteiger charge is 2.25. The predicted octanol–water partition coefficient (Wildman–Crippen LogP) is 4.84. The molecule has 0 saturated carbocycles. The molecule has 172 valence electrons. The van der Waals surface area contributed by atoms with Crippen molar-refractivity contribution in [2.45, 2.75) is 31.6 Å². The number of hydrogen-bond acceptors (Lipinski definition) is 5. The van der Waals surface area contributed by atoms with Crippen molar-refractivity contribution in [3.63, 3.8) is 0 Å². The van der Waals surface area contributed by atoms with Crippen LogP contribution >= 0.6 is 11.9 Å². The Morgan fingerprint density at radius 1 is 1.09 bits per heavy atom. The SMILES string of the molecule is COc1ccc(SN2CCCC(C)C2)cc1N1CCN(C(=O)c2ccc(F)cc2C)CC1. The van der Waals surface area contributed by atoms with Crippen LogP contribution in [-0.4, -0.2) is 61.5 Å². The molecule has 2 fully saturated rings. The summed E-state index contributed by atoms with van der Waals surface area (Å²) in [5.41, 5.74) is 2.33. The fourth-order valence-corrected chi connectivity index (χ4v) is 5.68. The molecule has 2 saturated heterocycles. The normalized spacial score (nSPS) is 19.8. The summed E-state index contributed by atoms with van der Waals surface area (Å²) < 4.78 is 21.5. The van der Waals surface area contributed by atoms with Crippen molar-refractivity contribution in [2.75, 3.05) is 51.3 Å². The van der Waals surface area contributed by atoms with Gasteiger partial charge in [-0.3, -0.25) is 4.79 Å². The molecule has 0 aromatic heterocycles. The van der Waals surface area contributed by atoms with E-state index >= 15 is 0 Å². The van der Waals surface area contributed by atoms with Crippen LogP contribution in [0, 0.1) is 18.7 Å². The highest BCUT2D eigenvalue weighted by Crippen LogP contribution is 2.36. The first-order valence-corrected chi connectivity index (χ1v) is 12.1. The van der Waals surface area contributed by atoms with Crippen molar-refractivity contribution in [2.24, 2.45) is 5.92 Å². The van der Waals surface area contributed by atoms with Crippen molar-refractivity contribution < 1.29 is 13.9 Å². The number of nitrogens with zero attached hydrogens (tertiary/aromatic N) is 3. The molecule has 0 radical (unpaired) electrons. The molecule has 1 unspecified atom stereocenters. The lowest BCUT2D eigenvalue weighted by atomic mass is 10.0. The Bertz CT molecular complexity index is 962. The van der Waals surface area contributed by atoms with Gasteiger partial charge in [0.15, 0.2) is 0 Å². The van der Waals surface area contributed by atoms with Gasteiger partial charge in [-0.2, -0.15) is 0 Å². The van der Waals surface area contributed by atoms with E-state index in [1.54, 1.807) is 20.1 Å². The molecule has 2 aliphatic rings. The summed E-state index contributed by atoms with van der Waals surface area (Å²) in [4.78, 5) is 18.3. The van der Waals surface area contributed by atoms with E-state index in [0.717, 1.165) is 43.5 Å². The second kappa shape index (κ2) is 10.1. The third-order valence-corrected chi connectivity index (χ3v) is 7.39. The Labute approximate surface area is 194 Å². The van der Waals surface area contributed by atoms with Crippen LogP contribution in [0.5, 0.6) is 5.75 Å². The van der Waals surface area contributed by atoms with Crippen LogP contribution in [0.3, 0.4) is 0 Å². The van der Waals surface area contributed by atoms with Crippen molar-refractivity contribution in [3.8, 4) is 5.75 Å². The number of rotatable bonds is 5. The minimum Gasteiger partial charge on any atom is -0.495 e. The molecule has 1 amide bonds. The Balaban J connectivity index is 1.43. The molecule has 2 aliphatic heterocycles. The van der Waals surface area contributed by atoms with Crippen LogP contribution in [0.1, 0.15) is 35.7 Å². The van der Waals surface area contributed by atoms with Gasteiger partial charge < -0.3 is 14.5 Å². The van der Waals surface area contributed by atoms with E-state index in [9.17, 15) is 9.18 Å². The number of benzene rings is 2. The maximum absolute atomic E-state index is 13.4. The molecule has 0 spiro atoms. The molecule has 2 heterocycles. The molecule has 32 heavy (non-hydrogen) atoms. The molecule has 0 bridgehead atoms. The lowest BCUT2D eigenvalue weighted by molar-refractivity contribution is 0.0746. The molecule has 1 atom stereocenters. The molecule has 0 aliphatic carbocycles. The molecule has 2 aromatic rings. The van der Waals surface area contributed by atoms with E-state index in [2.05, 4.69) is 28.3 Å². The number of piperidine rings is 1. The van der Waals surface area contributed by atoms with Crippen LogP contribution in [0.25, 0.3) is 0 Å². The second-order valence-electron chi connectivity index (χ2n) is 8.80. The zero-order valence-corrected chi connectivity index (χ0v) is 20.0. The third kappa shape index (κ3) is 5.21.